The fourth-order valence-corrected chi connectivity index (χ4v) is 3.73. The number of anilines is 2. The van der Waals surface area contributed by atoms with Gasteiger partial charge in [-0.15, -0.1) is 0 Å². The van der Waals surface area contributed by atoms with Gasteiger partial charge in [-0.25, -0.2) is 9.78 Å². The number of benzene rings is 2. The zero-order valence-corrected chi connectivity index (χ0v) is 15.8. The molecular formula is C21H21ClN4O. The van der Waals surface area contributed by atoms with Crippen molar-refractivity contribution >= 4 is 29.0 Å². The fourth-order valence-electron chi connectivity index (χ4n) is 3.55. The zero-order valence-electron chi connectivity index (χ0n) is 15.1. The molecule has 0 aliphatic heterocycles. The molecule has 2 amide bonds. The average Bonchev–Trinajstić information content (AvgIpc) is 3.19. The van der Waals surface area contributed by atoms with E-state index >= 15 is 0 Å². The van der Waals surface area contributed by atoms with Crippen LogP contribution in [-0.4, -0.2) is 16.0 Å². The Balaban J connectivity index is 1.45. The van der Waals surface area contributed by atoms with Gasteiger partial charge in [0.05, 0.1) is 12.0 Å². The Labute approximate surface area is 163 Å². The van der Waals surface area contributed by atoms with Crippen molar-refractivity contribution in [2.75, 3.05) is 10.6 Å². The van der Waals surface area contributed by atoms with Gasteiger partial charge in [0.2, 0.25) is 0 Å². The minimum Gasteiger partial charge on any atom is -0.351 e. The topological polar surface area (TPSA) is 69.8 Å². The smallest absolute Gasteiger partial charge is 0.323 e. The van der Waals surface area contributed by atoms with Gasteiger partial charge in [0, 0.05) is 28.5 Å². The van der Waals surface area contributed by atoms with E-state index in [1.165, 1.54) is 11.1 Å². The molecule has 27 heavy (non-hydrogen) atoms. The van der Waals surface area contributed by atoms with E-state index in [2.05, 4.69) is 32.7 Å². The van der Waals surface area contributed by atoms with Crippen molar-refractivity contribution in [1.82, 2.24) is 9.97 Å². The number of rotatable bonds is 3. The molecule has 0 bridgehead atoms. The predicted molar refractivity (Wildman–Crippen MR) is 109 cm³/mol. The molecular weight excluding hydrogens is 360 g/mol. The second-order valence-electron chi connectivity index (χ2n) is 6.96. The summed E-state index contributed by atoms with van der Waals surface area (Å²) in [5.41, 5.74) is 6.15. The maximum absolute atomic E-state index is 12.3. The SMILES string of the molecule is Cc1ccc(NC(=O)Nc2ccc3c(c2)CC(c2c[nH]cn2)CC3)cc1Cl. The molecule has 1 unspecified atom stereocenters. The van der Waals surface area contributed by atoms with Crippen LogP contribution in [0.15, 0.2) is 48.9 Å². The monoisotopic (exact) mass is 380 g/mol. The normalized spacial score (nSPS) is 15.9. The van der Waals surface area contributed by atoms with Crippen molar-refractivity contribution < 1.29 is 4.79 Å². The lowest BCUT2D eigenvalue weighted by molar-refractivity contribution is 0.262. The molecule has 1 heterocycles. The summed E-state index contributed by atoms with van der Waals surface area (Å²) >= 11 is 6.11. The quantitative estimate of drug-likeness (QED) is 0.578. The highest BCUT2D eigenvalue weighted by atomic mass is 35.5. The Morgan fingerprint density at radius 3 is 2.67 bits per heavy atom. The fraction of sp³-hybridized carbons (Fsp3) is 0.238. The van der Waals surface area contributed by atoms with Crippen LogP contribution in [0.1, 0.15) is 34.7 Å². The summed E-state index contributed by atoms with van der Waals surface area (Å²) in [5.74, 6) is 0.419. The van der Waals surface area contributed by atoms with Gasteiger partial charge < -0.3 is 15.6 Å². The van der Waals surface area contributed by atoms with Crippen molar-refractivity contribution in [3.63, 3.8) is 0 Å². The molecule has 1 aliphatic rings. The van der Waals surface area contributed by atoms with Gasteiger partial charge in [0.25, 0.3) is 0 Å². The van der Waals surface area contributed by atoms with Crippen LogP contribution in [0.5, 0.6) is 0 Å². The molecule has 138 valence electrons. The van der Waals surface area contributed by atoms with Crippen molar-refractivity contribution in [2.24, 2.45) is 0 Å². The van der Waals surface area contributed by atoms with Crippen LogP contribution in [0.2, 0.25) is 5.02 Å². The molecule has 0 spiro atoms. The summed E-state index contributed by atoms with van der Waals surface area (Å²) in [6.07, 6.45) is 6.76. The van der Waals surface area contributed by atoms with E-state index in [1.54, 1.807) is 12.4 Å². The maximum Gasteiger partial charge on any atom is 0.323 e. The van der Waals surface area contributed by atoms with Crippen LogP contribution in [0.3, 0.4) is 0 Å². The maximum atomic E-state index is 12.3. The van der Waals surface area contributed by atoms with Crippen LogP contribution in [0, 0.1) is 6.92 Å². The van der Waals surface area contributed by atoms with E-state index in [4.69, 9.17) is 11.6 Å². The number of H-pyrrole nitrogens is 1. The summed E-state index contributed by atoms with van der Waals surface area (Å²) in [6.45, 7) is 1.93. The average molecular weight is 381 g/mol. The van der Waals surface area contributed by atoms with Gasteiger partial charge in [0.1, 0.15) is 0 Å². The van der Waals surface area contributed by atoms with Crippen LogP contribution in [0.25, 0.3) is 0 Å². The molecule has 2 aromatic carbocycles. The number of aromatic nitrogens is 2. The second-order valence-corrected chi connectivity index (χ2v) is 7.37. The van der Waals surface area contributed by atoms with Gasteiger partial charge in [-0.05, 0) is 67.1 Å². The second kappa shape index (κ2) is 7.45. The number of urea groups is 1. The number of hydrogen-bond acceptors (Lipinski definition) is 2. The highest BCUT2D eigenvalue weighted by Crippen LogP contribution is 2.33. The van der Waals surface area contributed by atoms with E-state index in [0.29, 0.717) is 16.6 Å². The standard InChI is InChI=1S/C21H21ClN4O/c1-13-2-6-18(10-19(13)22)26-21(27)25-17-7-5-14-3-4-15(8-16(14)9-17)20-11-23-12-24-20/h2,5-7,9-12,15H,3-4,8H2,1H3,(H,23,24)(H2,25,26,27). The number of carbonyl (C=O) groups excluding carboxylic acids is 1. The van der Waals surface area contributed by atoms with E-state index in [9.17, 15) is 4.79 Å². The van der Waals surface area contributed by atoms with E-state index in [-0.39, 0.29) is 6.03 Å². The number of imidazole rings is 1. The summed E-state index contributed by atoms with van der Waals surface area (Å²) in [7, 11) is 0. The van der Waals surface area contributed by atoms with Crippen LogP contribution in [-0.2, 0) is 12.8 Å². The summed E-state index contributed by atoms with van der Waals surface area (Å²) in [6, 6.07) is 11.3. The van der Waals surface area contributed by atoms with E-state index < -0.39 is 0 Å². The largest absolute Gasteiger partial charge is 0.351 e. The third-order valence-corrected chi connectivity index (χ3v) is 5.47. The number of amides is 2. The van der Waals surface area contributed by atoms with Crippen LogP contribution >= 0.6 is 11.6 Å². The molecule has 0 fully saturated rings. The first-order valence-corrected chi connectivity index (χ1v) is 9.41. The summed E-state index contributed by atoms with van der Waals surface area (Å²) < 4.78 is 0. The lowest BCUT2D eigenvalue weighted by Gasteiger charge is -2.24. The zero-order chi connectivity index (χ0) is 18.8. The number of aryl methyl sites for hydroxylation is 2. The molecule has 4 rings (SSSR count). The molecule has 5 nitrogen and oxygen atoms in total. The highest BCUT2D eigenvalue weighted by Gasteiger charge is 2.21. The molecule has 6 heteroatoms. The van der Waals surface area contributed by atoms with Crippen LogP contribution < -0.4 is 10.6 Å². The Kier molecular flexibility index (Phi) is 4.86. The molecule has 1 atom stereocenters. The van der Waals surface area contributed by atoms with Crippen molar-refractivity contribution in [2.45, 2.75) is 32.1 Å². The third-order valence-electron chi connectivity index (χ3n) is 5.06. The summed E-state index contributed by atoms with van der Waals surface area (Å²) in [5, 5.41) is 6.36. The number of carbonyl (C=O) groups is 1. The number of aromatic amines is 1. The molecule has 0 radical (unpaired) electrons. The van der Waals surface area contributed by atoms with Crippen molar-refractivity contribution in [3.05, 3.63) is 76.3 Å². The molecule has 0 saturated carbocycles. The minimum atomic E-state index is -0.283. The first-order valence-electron chi connectivity index (χ1n) is 9.03. The minimum absolute atomic E-state index is 0.283. The van der Waals surface area contributed by atoms with E-state index in [1.807, 2.05) is 31.3 Å². The number of halogens is 1. The Bertz CT molecular complexity index is 968. The number of nitrogens with one attached hydrogen (secondary N) is 3. The highest BCUT2D eigenvalue weighted by molar-refractivity contribution is 6.31. The van der Waals surface area contributed by atoms with E-state index in [0.717, 1.165) is 36.2 Å². The molecule has 3 N–H and O–H groups in total. The Hall–Kier alpha value is -2.79. The number of nitrogens with zero attached hydrogens (tertiary/aromatic N) is 1. The number of hydrogen-bond donors (Lipinski definition) is 3. The van der Waals surface area contributed by atoms with Gasteiger partial charge >= 0.3 is 6.03 Å². The van der Waals surface area contributed by atoms with Gasteiger partial charge in [0.15, 0.2) is 0 Å². The predicted octanol–water partition coefficient (Wildman–Crippen LogP) is 5.29. The Morgan fingerprint density at radius 1 is 1.15 bits per heavy atom. The van der Waals surface area contributed by atoms with Crippen molar-refractivity contribution in [1.29, 1.82) is 0 Å². The summed E-state index contributed by atoms with van der Waals surface area (Å²) in [4.78, 5) is 19.7. The van der Waals surface area contributed by atoms with Gasteiger partial charge in [-0.1, -0.05) is 23.7 Å². The number of fused-ring (bicyclic) bond motifs is 1. The first kappa shape index (κ1) is 17.6. The molecule has 1 aliphatic carbocycles. The molecule has 0 saturated heterocycles. The van der Waals surface area contributed by atoms with Gasteiger partial charge in [-0.2, -0.15) is 0 Å². The lowest BCUT2D eigenvalue weighted by Crippen LogP contribution is -2.20. The van der Waals surface area contributed by atoms with Gasteiger partial charge in [-0.3, -0.25) is 0 Å². The first-order chi connectivity index (χ1) is 13.1. The molecule has 1 aromatic heterocycles. The van der Waals surface area contributed by atoms with Crippen molar-refractivity contribution in [3.8, 4) is 0 Å². The third kappa shape index (κ3) is 3.98. The van der Waals surface area contributed by atoms with Crippen LogP contribution in [0.4, 0.5) is 16.2 Å². The molecule has 3 aromatic rings. The Morgan fingerprint density at radius 2 is 1.93 bits per heavy atom. The lowest BCUT2D eigenvalue weighted by atomic mass is 9.82.